The molecule has 0 bridgehead atoms. The summed E-state index contributed by atoms with van der Waals surface area (Å²) in [6.45, 7) is 0. The lowest BCUT2D eigenvalue weighted by Crippen LogP contribution is -2.12. The number of para-hydroxylation sites is 1. The van der Waals surface area contributed by atoms with Crippen LogP contribution >= 0.6 is 11.8 Å². The number of carbonyl (C=O) groups is 1. The molecule has 2 heterocycles. The van der Waals surface area contributed by atoms with E-state index in [-0.39, 0.29) is 11.2 Å². The van der Waals surface area contributed by atoms with Crippen LogP contribution in [0.5, 0.6) is 5.75 Å². The van der Waals surface area contributed by atoms with E-state index in [0.717, 1.165) is 22.7 Å². The molecule has 0 fully saturated rings. The minimum atomic E-state index is -0.0272. The Morgan fingerprint density at radius 3 is 2.64 bits per heavy atom. The summed E-state index contributed by atoms with van der Waals surface area (Å²) in [6, 6.07) is 18.0. The van der Waals surface area contributed by atoms with Crippen molar-refractivity contribution in [2.24, 2.45) is 0 Å². The summed E-state index contributed by atoms with van der Waals surface area (Å²) in [5, 5.41) is 2.92. The molecule has 4 rings (SSSR count). The van der Waals surface area contributed by atoms with E-state index in [1.165, 1.54) is 0 Å². The number of aromatic nitrogens is 2. The van der Waals surface area contributed by atoms with Gasteiger partial charge in [-0.15, -0.1) is 11.8 Å². The minimum absolute atomic E-state index is 0.00237. The lowest BCUT2D eigenvalue weighted by Gasteiger charge is -2.18. The van der Waals surface area contributed by atoms with Gasteiger partial charge >= 0.3 is 0 Å². The van der Waals surface area contributed by atoms with Crippen molar-refractivity contribution in [2.75, 3.05) is 18.2 Å². The number of hydrogen-bond donors (Lipinski definition) is 1. The molecule has 0 saturated carbocycles. The van der Waals surface area contributed by atoms with Crippen molar-refractivity contribution in [1.29, 1.82) is 0 Å². The van der Waals surface area contributed by atoms with E-state index in [0.29, 0.717) is 11.6 Å². The Kier molecular flexibility index (Phi) is 4.19. The van der Waals surface area contributed by atoms with Gasteiger partial charge in [-0.3, -0.25) is 9.36 Å². The van der Waals surface area contributed by atoms with Gasteiger partial charge in [0.25, 0.3) is 0 Å². The number of rotatable bonds is 3. The third-order valence-electron chi connectivity index (χ3n) is 4.14. The standard InChI is InChI=1S/C19H17N3O2S/c1-24-15-9-7-13(8-10-15)18-17-19(21-16(23)11-25-18)20-12-22(17)14-5-3-2-4-6-14/h2-10,12,18H,11H2,1H3,(H,21,23)/t18-/m0/s1. The predicted octanol–water partition coefficient (Wildman–Crippen LogP) is 3.66. The van der Waals surface area contributed by atoms with Crippen molar-refractivity contribution >= 4 is 23.5 Å². The van der Waals surface area contributed by atoms with Crippen LogP contribution in [0.1, 0.15) is 16.5 Å². The number of methoxy groups -OCH3 is 1. The zero-order valence-corrected chi connectivity index (χ0v) is 14.5. The molecule has 6 heteroatoms. The first-order valence-corrected chi connectivity index (χ1v) is 8.99. The molecule has 1 amide bonds. The highest BCUT2D eigenvalue weighted by Gasteiger charge is 2.29. The number of nitrogens with zero attached hydrogens (tertiary/aromatic N) is 2. The van der Waals surface area contributed by atoms with E-state index in [9.17, 15) is 4.79 Å². The van der Waals surface area contributed by atoms with Crippen molar-refractivity contribution in [3.63, 3.8) is 0 Å². The molecule has 25 heavy (non-hydrogen) atoms. The summed E-state index contributed by atoms with van der Waals surface area (Å²) in [5.74, 6) is 1.80. The van der Waals surface area contributed by atoms with Crippen LogP contribution in [0.15, 0.2) is 60.9 Å². The fraction of sp³-hybridized carbons (Fsp3) is 0.158. The van der Waals surface area contributed by atoms with Gasteiger partial charge in [0, 0.05) is 5.69 Å². The van der Waals surface area contributed by atoms with Gasteiger partial charge in [-0.05, 0) is 29.8 Å². The van der Waals surface area contributed by atoms with Gasteiger partial charge in [-0.2, -0.15) is 0 Å². The molecule has 126 valence electrons. The number of ether oxygens (including phenoxy) is 1. The van der Waals surface area contributed by atoms with E-state index < -0.39 is 0 Å². The summed E-state index contributed by atoms with van der Waals surface area (Å²) in [4.78, 5) is 16.5. The zero-order chi connectivity index (χ0) is 17.2. The third kappa shape index (κ3) is 3.00. The van der Waals surface area contributed by atoms with Crippen molar-refractivity contribution in [3.8, 4) is 11.4 Å². The van der Waals surface area contributed by atoms with Gasteiger partial charge in [0.1, 0.15) is 12.1 Å². The van der Waals surface area contributed by atoms with Crippen LogP contribution in [0, 0.1) is 0 Å². The highest BCUT2D eigenvalue weighted by atomic mass is 32.2. The Morgan fingerprint density at radius 1 is 1.16 bits per heavy atom. The number of carbonyl (C=O) groups excluding carboxylic acids is 1. The van der Waals surface area contributed by atoms with Crippen molar-refractivity contribution in [1.82, 2.24) is 9.55 Å². The van der Waals surface area contributed by atoms with Crippen molar-refractivity contribution in [2.45, 2.75) is 5.25 Å². The fourth-order valence-electron chi connectivity index (χ4n) is 2.94. The molecule has 0 spiro atoms. The van der Waals surface area contributed by atoms with Gasteiger partial charge in [0.2, 0.25) is 5.91 Å². The maximum Gasteiger partial charge on any atom is 0.235 e. The predicted molar refractivity (Wildman–Crippen MR) is 99.5 cm³/mol. The first kappa shape index (κ1) is 15.8. The number of thioether (sulfide) groups is 1. The molecule has 1 N–H and O–H groups in total. The summed E-state index contributed by atoms with van der Waals surface area (Å²) in [6.07, 6.45) is 1.77. The smallest absolute Gasteiger partial charge is 0.235 e. The van der Waals surface area contributed by atoms with Crippen molar-refractivity contribution < 1.29 is 9.53 Å². The summed E-state index contributed by atoms with van der Waals surface area (Å²) < 4.78 is 7.30. The highest BCUT2D eigenvalue weighted by molar-refractivity contribution is 8.00. The number of imidazole rings is 1. The largest absolute Gasteiger partial charge is 0.497 e. The number of hydrogen-bond acceptors (Lipinski definition) is 4. The van der Waals surface area contributed by atoms with Crippen LogP contribution in [0.2, 0.25) is 0 Å². The molecule has 0 unspecified atom stereocenters. The van der Waals surface area contributed by atoms with Crippen LogP contribution < -0.4 is 10.1 Å². The van der Waals surface area contributed by atoms with Crippen LogP contribution in [0.4, 0.5) is 5.82 Å². The molecular weight excluding hydrogens is 334 g/mol. The van der Waals surface area contributed by atoms with E-state index in [1.807, 2.05) is 59.2 Å². The second-order valence-electron chi connectivity index (χ2n) is 5.70. The normalized spacial score (nSPS) is 16.7. The first-order chi connectivity index (χ1) is 12.3. The molecule has 1 aliphatic rings. The van der Waals surface area contributed by atoms with E-state index >= 15 is 0 Å². The molecule has 0 radical (unpaired) electrons. The molecule has 1 aromatic heterocycles. The number of anilines is 1. The Hall–Kier alpha value is -2.73. The highest BCUT2D eigenvalue weighted by Crippen LogP contribution is 2.42. The SMILES string of the molecule is COc1ccc([C@@H]2SCC(=O)Nc3ncn(-c4ccccc4)c32)cc1. The summed E-state index contributed by atoms with van der Waals surface area (Å²) in [7, 11) is 1.65. The maximum absolute atomic E-state index is 12.1. The molecule has 2 aromatic carbocycles. The summed E-state index contributed by atoms with van der Waals surface area (Å²) in [5.41, 5.74) is 3.11. The Morgan fingerprint density at radius 2 is 1.92 bits per heavy atom. The average molecular weight is 351 g/mol. The zero-order valence-electron chi connectivity index (χ0n) is 13.7. The molecule has 0 aliphatic carbocycles. The second kappa shape index (κ2) is 6.64. The van der Waals surface area contributed by atoms with E-state index in [2.05, 4.69) is 10.3 Å². The second-order valence-corrected chi connectivity index (χ2v) is 6.79. The molecule has 0 saturated heterocycles. The van der Waals surface area contributed by atoms with E-state index in [1.54, 1.807) is 25.2 Å². The Bertz CT molecular complexity index is 891. The quantitative estimate of drug-likeness (QED) is 0.782. The number of fused-ring (bicyclic) bond motifs is 1. The van der Waals surface area contributed by atoms with Gasteiger partial charge in [-0.25, -0.2) is 4.98 Å². The Balaban J connectivity index is 1.84. The number of benzene rings is 2. The fourth-order valence-corrected chi connectivity index (χ4v) is 4.06. The monoisotopic (exact) mass is 351 g/mol. The minimum Gasteiger partial charge on any atom is -0.497 e. The number of nitrogens with one attached hydrogen (secondary N) is 1. The van der Waals surface area contributed by atoms with Gasteiger partial charge < -0.3 is 10.1 Å². The van der Waals surface area contributed by atoms with Gasteiger partial charge in [0.15, 0.2) is 5.82 Å². The first-order valence-electron chi connectivity index (χ1n) is 7.94. The molecule has 1 aliphatic heterocycles. The molecule has 1 atom stereocenters. The molecule has 5 nitrogen and oxygen atoms in total. The maximum atomic E-state index is 12.1. The van der Waals surface area contributed by atoms with Gasteiger partial charge in [-0.1, -0.05) is 30.3 Å². The van der Waals surface area contributed by atoms with Crippen LogP contribution in [-0.4, -0.2) is 28.3 Å². The molecule has 3 aromatic rings. The van der Waals surface area contributed by atoms with Gasteiger partial charge in [0.05, 0.1) is 23.8 Å². The van der Waals surface area contributed by atoms with E-state index in [4.69, 9.17) is 4.74 Å². The number of amides is 1. The van der Waals surface area contributed by atoms with Crippen LogP contribution in [0.25, 0.3) is 5.69 Å². The summed E-state index contributed by atoms with van der Waals surface area (Å²) >= 11 is 1.60. The Labute approximate surface area is 150 Å². The lowest BCUT2D eigenvalue weighted by atomic mass is 10.1. The van der Waals surface area contributed by atoms with Crippen LogP contribution in [0.3, 0.4) is 0 Å². The molecular formula is C19H17N3O2S. The van der Waals surface area contributed by atoms with Crippen LogP contribution in [-0.2, 0) is 4.79 Å². The topological polar surface area (TPSA) is 56.1 Å². The third-order valence-corrected chi connectivity index (χ3v) is 5.40. The average Bonchev–Trinajstić information content (AvgIpc) is 2.99. The lowest BCUT2D eigenvalue weighted by molar-refractivity contribution is -0.113. The van der Waals surface area contributed by atoms with Crippen molar-refractivity contribution in [3.05, 3.63) is 72.2 Å².